The minimum atomic E-state index is -5.84. The van der Waals surface area contributed by atoms with Gasteiger partial charge in [-0.25, -0.2) is 52.6 Å². The van der Waals surface area contributed by atoms with Gasteiger partial charge in [-0.05, 0) is 19.9 Å². The number of anilines is 3. The number of phosphoric acid groups is 4. The molecule has 5 saturated heterocycles. The predicted octanol–water partition coefficient (Wildman–Crippen LogP) is -5.61. The Kier molecular flexibility index (Phi) is 21.1. The Labute approximate surface area is 565 Å². The number of fused-ring (bicyclic) bond motifs is 2. The summed E-state index contributed by atoms with van der Waals surface area (Å²) in [5.41, 5.74) is 11.2. The van der Waals surface area contributed by atoms with Crippen LogP contribution in [0.15, 0.2) is 72.4 Å². The number of ether oxygens (including phenoxy) is 5. The van der Waals surface area contributed by atoms with E-state index in [1.165, 1.54) is 18.4 Å². The van der Waals surface area contributed by atoms with E-state index in [0.717, 1.165) is 57.3 Å². The van der Waals surface area contributed by atoms with E-state index in [2.05, 4.69) is 39.9 Å². The van der Waals surface area contributed by atoms with Crippen molar-refractivity contribution in [3.05, 3.63) is 117 Å². The number of nitrogens with zero attached hydrogens (tertiary/aromatic N) is 11. The van der Waals surface area contributed by atoms with Crippen LogP contribution in [0, 0.1) is 13.8 Å². The first-order valence-electron chi connectivity index (χ1n) is 29.9. The highest BCUT2D eigenvalue weighted by Crippen LogP contribution is 2.55. The van der Waals surface area contributed by atoms with E-state index in [4.69, 9.17) is 77.1 Å². The Bertz CT molecular complexity index is 4900. The van der Waals surface area contributed by atoms with Crippen LogP contribution in [0.25, 0.3) is 22.3 Å². The second kappa shape index (κ2) is 28.9. The highest BCUT2D eigenvalue weighted by atomic mass is 31.2. The molecule has 7 aromatic heterocycles. The van der Waals surface area contributed by atoms with Gasteiger partial charge in [0.1, 0.15) is 103 Å². The van der Waals surface area contributed by atoms with Gasteiger partial charge in [-0.3, -0.25) is 88.4 Å². The van der Waals surface area contributed by atoms with E-state index >= 15 is 0 Å². The molecule has 5 fully saturated rings. The summed E-state index contributed by atoms with van der Waals surface area (Å²) in [6.45, 7) is -2.89. The molecule has 7 aromatic rings. The molecular weight excluding hydrogens is 1460 g/mol. The van der Waals surface area contributed by atoms with Crippen LogP contribution in [0.3, 0.4) is 0 Å². The number of nitrogen functional groups attached to an aromatic ring is 3. The standard InChI is InChI=1S/C49H63N17O32P4/c1-17-7-63(48(76)60-40(17)72)27-5-19(68)22(90-27)10-86-100(80,81)97-35-24(93-43(32(35)70)62-4-3-26(50)57-47(62)75)13-89-102(84,85)98-36-25(94-45(33(36)71)66-16-56-30-39(66)58-46(52)59-42(30)74)12-88-99(78,79)95-20-6-28(64-8-18(2)41(73)61-49(64)77)91-23(20)11-87-101(82,83)96-34-21(9-67)92-44(31(34)69)65-15-55-29-37(51)53-14-54-38(29)65/h3-4,7-8,14-16,19-25,27-28,31-36,43-45,67-71H,5-6,9-13H2,1-2H3,(H,78,79)(H,80,81)(H,82,83)(H,84,85)(H2,50,57,75)(H2,51,53,54)(H,60,72,76)(H,61,73,77)(H3,52,58,59,74)/t19-,20-,21+,22+,23+,24+,25+,27+,28+,31+,32+,33+,34+,35+,36+,43+,44+,45+/m0/s1. The maximum Gasteiger partial charge on any atom is 0.472 e. The Morgan fingerprint density at radius 1 is 0.529 bits per heavy atom. The van der Waals surface area contributed by atoms with E-state index in [1.54, 1.807) is 0 Å². The van der Waals surface area contributed by atoms with Crippen molar-refractivity contribution in [1.29, 1.82) is 0 Å². The minimum Gasteiger partial charge on any atom is -0.394 e. The molecule has 12 heterocycles. The van der Waals surface area contributed by atoms with Crippen LogP contribution in [0.1, 0.15) is 55.1 Å². The molecule has 49 nitrogen and oxygen atoms in total. The number of nitrogens with one attached hydrogen (secondary N) is 3. The van der Waals surface area contributed by atoms with Crippen LogP contribution < -0.4 is 50.9 Å². The monoisotopic (exact) mass is 1530 g/mol. The Hall–Kier alpha value is -7.42. The van der Waals surface area contributed by atoms with Gasteiger partial charge in [0, 0.05) is 42.6 Å². The Morgan fingerprint density at radius 2 is 0.990 bits per heavy atom. The summed E-state index contributed by atoms with van der Waals surface area (Å²) in [7, 11) is -22.6. The van der Waals surface area contributed by atoms with Gasteiger partial charge in [0.05, 0.1) is 51.8 Å². The summed E-state index contributed by atoms with van der Waals surface area (Å²) in [5.74, 6) is -0.830. The molecule has 0 radical (unpaired) electrons. The number of aliphatic hydroxyl groups is 5. The summed E-state index contributed by atoms with van der Waals surface area (Å²) in [5, 5.41) is 56.0. The molecule has 0 aromatic carbocycles. The quantitative estimate of drug-likeness (QED) is 0.0225. The molecule has 22 atom stereocenters. The van der Waals surface area contributed by atoms with Crippen molar-refractivity contribution in [3.63, 3.8) is 0 Å². The van der Waals surface area contributed by atoms with Crippen molar-refractivity contribution in [2.75, 3.05) is 50.2 Å². The van der Waals surface area contributed by atoms with Crippen molar-refractivity contribution in [3.8, 4) is 0 Å². The van der Waals surface area contributed by atoms with Gasteiger partial charge in [0.15, 0.2) is 41.3 Å². The summed E-state index contributed by atoms with van der Waals surface area (Å²) in [6, 6.07) is 1.09. The van der Waals surface area contributed by atoms with E-state index in [-0.39, 0.29) is 46.0 Å². The highest BCUT2D eigenvalue weighted by Gasteiger charge is 2.55. The number of phosphoric ester groups is 4. The van der Waals surface area contributed by atoms with Gasteiger partial charge < -0.3 is 86.0 Å². The summed E-state index contributed by atoms with van der Waals surface area (Å²) in [4.78, 5) is 151. The lowest BCUT2D eigenvalue weighted by molar-refractivity contribution is -0.0653. The average Bonchev–Trinajstić information content (AvgIpc) is 1.62. The third-order valence-corrected chi connectivity index (χ3v) is 20.5. The number of hydrogen-bond acceptors (Lipinski definition) is 37. The zero-order chi connectivity index (χ0) is 73.4. The molecule has 0 amide bonds. The van der Waals surface area contributed by atoms with Gasteiger partial charge in [0.25, 0.3) is 16.7 Å². The first kappa shape index (κ1) is 74.3. The number of H-pyrrole nitrogens is 3. The third-order valence-electron chi connectivity index (χ3n) is 16.6. The van der Waals surface area contributed by atoms with Crippen LogP contribution in [0.2, 0.25) is 0 Å². The summed E-state index contributed by atoms with van der Waals surface area (Å²) in [6.07, 6.45) is -27.4. The van der Waals surface area contributed by atoms with Gasteiger partial charge in [-0.2, -0.15) is 9.97 Å². The lowest BCUT2D eigenvalue weighted by atomic mass is 10.1. The molecule has 12 rings (SSSR count). The van der Waals surface area contributed by atoms with Crippen molar-refractivity contribution in [1.82, 2.24) is 67.7 Å². The van der Waals surface area contributed by atoms with E-state index < -0.39 is 226 Å². The van der Waals surface area contributed by atoms with Crippen LogP contribution in [0.4, 0.5) is 17.6 Å². The first-order chi connectivity index (χ1) is 48.1. The van der Waals surface area contributed by atoms with E-state index in [1.807, 2.05) is 4.98 Å². The van der Waals surface area contributed by atoms with Gasteiger partial charge >= 0.3 is 48.4 Å². The summed E-state index contributed by atoms with van der Waals surface area (Å²) >= 11 is 0. The number of rotatable bonds is 26. The first-order valence-corrected chi connectivity index (χ1v) is 35.9. The van der Waals surface area contributed by atoms with Gasteiger partial charge in [-0.1, -0.05) is 0 Å². The molecule has 0 bridgehead atoms. The van der Waals surface area contributed by atoms with E-state index in [9.17, 15) is 92.1 Å². The molecular formula is C49H63N17O32P4. The number of hydrogen-bond donors (Lipinski definition) is 15. The zero-order valence-corrected chi connectivity index (χ0v) is 55.8. The molecule has 102 heavy (non-hydrogen) atoms. The van der Waals surface area contributed by atoms with E-state index in [0.29, 0.717) is 4.57 Å². The number of nitrogens with two attached hydrogens (primary N) is 3. The number of aromatic nitrogens is 14. The topological polar surface area (TPSA) is 700 Å². The van der Waals surface area contributed by atoms with Crippen molar-refractivity contribution in [2.45, 2.75) is 137 Å². The minimum absolute atomic E-state index is 0.0381. The summed E-state index contributed by atoms with van der Waals surface area (Å²) < 4.78 is 132. The molecule has 18 N–H and O–H groups in total. The third kappa shape index (κ3) is 15.5. The van der Waals surface area contributed by atoms with Crippen molar-refractivity contribution < 1.29 is 123 Å². The van der Waals surface area contributed by atoms with Gasteiger partial charge in [-0.15, -0.1) is 0 Å². The van der Waals surface area contributed by atoms with Crippen LogP contribution >= 0.6 is 31.3 Å². The number of imidazole rings is 2. The molecule has 0 aliphatic carbocycles. The molecule has 0 spiro atoms. The molecule has 5 aliphatic rings. The Balaban J connectivity index is 0.760. The highest BCUT2D eigenvalue weighted by molar-refractivity contribution is 7.48. The number of aryl methyl sites for hydroxylation is 2. The fraction of sp³-hybridized carbons (Fsp3) is 0.551. The lowest BCUT2D eigenvalue weighted by Gasteiger charge is -2.26. The fourth-order valence-corrected chi connectivity index (χ4v) is 15.5. The molecule has 0 saturated carbocycles. The Morgan fingerprint density at radius 3 is 1.53 bits per heavy atom. The van der Waals surface area contributed by atoms with Crippen molar-refractivity contribution >= 4 is 71.2 Å². The SMILES string of the molecule is Cc1cn([C@H]2C[C@H](OP(=O)(O)OC[C@H]3O[C@@H](n4cnc5c(=O)[nH]c(N)nc54)[C@H](O)[C@@H]3OP(=O)(O)OC[C@H]3O[C@@H](n4ccc(N)nc4=O)[C@H](O)[C@@H]3OP(=O)(O)OC[C@H]3O[C@@H](n4cc(C)c(=O)[nH]c4=O)C[C@@H]3O)[C@@H](COP(=O)(O)O[C@H]3[C@@H](O)[C@H](n4cnc5c(N)ncnc54)O[C@@H]3CO)O2)c(=O)[nH]c1=O. The largest absolute Gasteiger partial charge is 0.472 e. The fourth-order valence-electron chi connectivity index (χ4n) is 11.7. The lowest BCUT2D eigenvalue weighted by Crippen LogP contribution is -2.38. The molecule has 5 aliphatic heterocycles. The zero-order valence-electron chi connectivity index (χ0n) is 52.2. The molecule has 556 valence electrons. The predicted molar refractivity (Wildman–Crippen MR) is 330 cm³/mol. The normalized spacial score (nSPS) is 31.4. The van der Waals surface area contributed by atoms with Crippen molar-refractivity contribution in [2.24, 2.45) is 0 Å². The average molecular weight is 1530 g/mol. The number of aromatic amines is 3. The number of aliphatic hydroxyl groups excluding tert-OH is 5. The van der Waals surface area contributed by atoms with Gasteiger partial charge in [0.2, 0.25) is 5.95 Å². The van der Waals surface area contributed by atoms with Crippen LogP contribution in [-0.4, -0.2) is 225 Å². The molecule has 4 unspecified atom stereocenters. The van der Waals surface area contributed by atoms with Crippen LogP contribution in [-0.2, 0) is 78.1 Å². The maximum absolute atomic E-state index is 14.2. The second-order valence-electron chi connectivity index (χ2n) is 23.4. The van der Waals surface area contributed by atoms with Crippen LogP contribution in [0.5, 0.6) is 0 Å². The maximum atomic E-state index is 14.2. The second-order valence-corrected chi connectivity index (χ2v) is 29.0. The molecule has 53 heteroatoms. The smallest absolute Gasteiger partial charge is 0.394 e.